The van der Waals surface area contributed by atoms with Crippen LogP contribution in [0.2, 0.25) is 0 Å². The molecule has 1 aromatic carbocycles. The Morgan fingerprint density at radius 3 is 2.84 bits per heavy atom. The van der Waals surface area contributed by atoms with Crippen molar-refractivity contribution in [3.8, 4) is 5.75 Å². The van der Waals surface area contributed by atoms with Gasteiger partial charge >= 0.3 is 6.01 Å². The van der Waals surface area contributed by atoms with E-state index in [1.807, 2.05) is 32.2 Å². The van der Waals surface area contributed by atoms with Crippen LogP contribution in [0.4, 0.5) is 11.7 Å². The van der Waals surface area contributed by atoms with E-state index in [0.29, 0.717) is 11.9 Å². The molecule has 0 aliphatic heterocycles. The smallest absolute Gasteiger partial charge is 0.320 e. The summed E-state index contributed by atoms with van der Waals surface area (Å²) in [6.45, 7) is 1.94. The Labute approximate surface area is 119 Å². The molecule has 1 atom stereocenters. The fourth-order valence-corrected chi connectivity index (χ4v) is 1.77. The number of nitrogens with one attached hydrogen (secondary N) is 2. The maximum Gasteiger partial charge on any atom is 0.320 e. The van der Waals surface area contributed by atoms with Crippen LogP contribution in [0.1, 0.15) is 18.9 Å². The summed E-state index contributed by atoms with van der Waals surface area (Å²) < 4.78 is 11.6. The van der Waals surface area contributed by atoms with Gasteiger partial charge in [-0.25, -0.2) is 0 Å². The summed E-state index contributed by atoms with van der Waals surface area (Å²) in [5.41, 5.74) is 0.798. The van der Waals surface area contributed by atoms with Crippen LogP contribution in [0.15, 0.2) is 27.1 Å². The first-order valence-corrected chi connectivity index (χ1v) is 6.54. The number of nitrogens with zero attached hydrogens (tertiary/aromatic N) is 2. The summed E-state index contributed by atoms with van der Waals surface area (Å²) in [7, 11) is 3.45. The Balaban J connectivity index is 2.19. The van der Waals surface area contributed by atoms with Gasteiger partial charge in [0.05, 0.1) is 18.8 Å². The van der Waals surface area contributed by atoms with Gasteiger partial charge in [0.25, 0.3) is 0 Å². The molecule has 1 unspecified atom stereocenters. The summed E-state index contributed by atoms with van der Waals surface area (Å²) in [5.74, 6) is 1.28. The second kappa shape index (κ2) is 6.03. The average molecular weight is 327 g/mol. The van der Waals surface area contributed by atoms with Crippen molar-refractivity contribution in [1.29, 1.82) is 0 Å². The van der Waals surface area contributed by atoms with Crippen LogP contribution in [-0.2, 0) is 0 Å². The number of aromatic nitrogens is 2. The number of hydrogen-bond donors (Lipinski definition) is 2. The molecule has 7 heteroatoms. The predicted molar refractivity (Wildman–Crippen MR) is 75.7 cm³/mol. The van der Waals surface area contributed by atoms with E-state index in [0.717, 1.165) is 15.9 Å². The number of ether oxygens (including phenoxy) is 1. The van der Waals surface area contributed by atoms with Gasteiger partial charge in [-0.2, -0.15) is 0 Å². The largest absolute Gasteiger partial charge is 0.497 e. The van der Waals surface area contributed by atoms with Crippen LogP contribution in [0.25, 0.3) is 0 Å². The van der Waals surface area contributed by atoms with E-state index in [1.165, 1.54) is 0 Å². The monoisotopic (exact) mass is 326 g/mol. The highest BCUT2D eigenvalue weighted by Gasteiger charge is 2.13. The van der Waals surface area contributed by atoms with Gasteiger partial charge in [0.2, 0.25) is 5.89 Å². The Kier molecular flexibility index (Phi) is 4.39. The van der Waals surface area contributed by atoms with Crippen molar-refractivity contribution >= 4 is 27.6 Å². The first-order valence-electron chi connectivity index (χ1n) is 5.75. The van der Waals surface area contributed by atoms with Crippen molar-refractivity contribution in [2.45, 2.75) is 13.0 Å². The highest BCUT2D eigenvalue weighted by atomic mass is 79.9. The number of anilines is 2. The zero-order valence-electron chi connectivity index (χ0n) is 10.9. The minimum Gasteiger partial charge on any atom is -0.497 e. The fraction of sp³-hybridized carbons (Fsp3) is 0.333. The zero-order valence-corrected chi connectivity index (χ0v) is 12.5. The van der Waals surface area contributed by atoms with Gasteiger partial charge in [0.15, 0.2) is 0 Å². The molecule has 102 valence electrons. The number of rotatable bonds is 5. The van der Waals surface area contributed by atoms with Crippen molar-refractivity contribution in [3.05, 3.63) is 28.6 Å². The molecular weight excluding hydrogens is 312 g/mol. The standard InChI is InChI=1S/C12H15BrN4O2/c1-7(14-2)11-16-17-12(19-11)15-10-6-8(18-3)4-5-9(10)13/h4-7,14H,1-3H3,(H,15,17). The zero-order chi connectivity index (χ0) is 13.8. The van der Waals surface area contributed by atoms with E-state index in [9.17, 15) is 0 Å². The molecule has 0 spiro atoms. The summed E-state index contributed by atoms with van der Waals surface area (Å²) in [6.07, 6.45) is 0. The van der Waals surface area contributed by atoms with Crippen LogP contribution in [0, 0.1) is 0 Å². The van der Waals surface area contributed by atoms with Crippen molar-refractivity contribution in [3.63, 3.8) is 0 Å². The van der Waals surface area contributed by atoms with E-state index in [2.05, 4.69) is 36.8 Å². The van der Waals surface area contributed by atoms with Crippen molar-refractivity contribution < 1.29 is 9.15 Å². The minimum atomic E-state index is 0.0109. The summed E-state index contributed by atoms with van der Waals surface area (Å²) in [4.78, 5) is 0. The third-order valence-corrected chi connectivity index (χ3v) is 3.35. The lowest BCUT2D eigenvalue weighted by atomic mass is 10.3. The van der Waals surface area contributed by atoms with Gasteiger partial charge in [-0.05, 0) is 42.0 Å². The third kappa shape index (κ3) is 3.24. The van der Waals surface area contributed by atoms with Crippen LogP contribution >= 0.6 is 15.9 Å². The molecule has 2 aromatic rings. The highest BCUT2D eigenvalue weighted by molar-refractivity contribution is 9.10. The molecule has 0 saturated carbocycles. The second-order valence-corrected chi connectivity index (χ2v) is 4.78. The fourth-order valence-electron chi connectivity index (χ4n) is 1.43. The molecule has 1 heterocycles. The second-order valence-electron chi connectivity index (χ2n) is 3.93. The molecule has 2 N–H and O–H groups in total. The van der Waals surface area contributed by atoms with Gasteiger partial charge in [-0.1, -0.05) is 5.10 Å². The maximum absolute atomic E-state index is 5.51. The molecule has 0 bridgehead atoms. The first kappa shape index (κ1) is 13.8. The molecule has 2 rings (SSSR count). The van der Waals surface area contributed by atoms with Crippen molar-refractivity contribution in [2.24, 2.45) is 0 Å². The van der Waals surface area contributed by atoms with Crippen LogP contribution in [-0.4, -0.2) is 24.4 Å². The molecule has 0 radical (unpaired) electrons. The quantitative estimate of drug-likeness (QED) is 0.880. The number of benzene rings is 1. The summed E-state index contributed by atoms with van der Waals surface area (Å²) >= 11 is 3.45. The Hall–Kier alpha value is -1.60. The van der Waals surface area contributed by atoms with E-state index in [1.54, 1.807) is 7.11 Å². The van der Waals surface area contributed by atoms with Gasteiger partial charge in [-0.3, -0.25) is 0 Å². The molecule has 0 saturated heterocycles. The summed E-state index contributed by atoms with van der Waals surface area (Å²) in [5, 5.41) is 14.0. The minimum absolute atomic E-state index is 0.0109. The molecule has 0 amide bonds. The van der Waals surface area contributed by atoms with Crippen molar-refractivity contribution in [2.75, 3.05) is 19.5 Å². The van der Waals surface area contributed by atoms with Gasteiger partial charge in [0.1, 0.15) is 5.75 Å². The van der Waals surface area contributed by atoms with E-state index >= 15 is 0 Å². The van der Waals surface area contributed by atoms with Gasteiger partial charge in [0, 0.05) is 10.5 Å². The highest BCUT2D eigenvalue weighted by Crippen LogP contribution is 2.29. The lowest BCUT2D eigenvalue weighted by Crippen LogP contribution is -2.12. The molecule has 19 heavy (non-hydrogen) atoms. The Bertz CT molecular complexity index is 558. The van der Waals surface area contributed by atoms with Gasteiger partial charge < -0.3 is 19.8 Å². The Morgan fingerprint density at radius 1 is 1.37 bits per heavy atom. The number of halogens is 1. The molecule has 0 aliphatic carbocycles. The van der Waals surface area contributed by atoms with E-state index < -0.39 is 0 Å². The molecule has 1 aromatic heterocycles. The lowest BCUT2D eigenvalue weighted by molar-refractivity contribution is 0.415. The van der Waals surface area contributed by atoms with Crippen LogP contribution in [0.5, 0.6) is 5.75 Å². The van der Waals surface area contributed by atoms with Gasteiger partial charge in [-0.15, -0.1) is 5.10 Å². The average Bonchev–Trinajstić information content (AvgIpc) is 2.89. The molecule has 6 nitrogen and oxygen atoms in total. The molecule has 0 fully saturated rings. The van der Waals surface area contributed by atoms with Crippen LogP contribution < -0.4 is 15.4 Å². The number of hydrogen-bond acceptors (Lipinski definition) is 6. The molecular formula is C12H15BrN4O2. The SMILES string of the molecule is CNC(C)c1nnc(Nc2cc(OC)ccc2Br)o1. The Morgan fingerprint density at radius 2 is 2.16 bits per heavy atom. The molecule has 0 aliphatic rings. The predicted octanol–water partition coefficient (Wildman–Crippen LogP) is 2.86. The number of methoxy groups -OCH3 is 1. The maximum atomic E-state index is 5.51. The topological polar surface area (TPSA) is 72.2 Å². The van der Waals surface area contributed by atoms with E-state index in [4.69, 9.17) is 9.15 Å². The third-order valence-electron chi connectivity index (χ3n) is 2.66. The van der Waals surface area contributed by atoms with Crippen LogP contribution in [0.3, 0.4) is 0 Å². The summed E-state index contributed by atoms with van der Waals surface area (Å²) in [6, 6.07) is 5.93. The normalized spacial score (nSPS) is 12.2. The van der Waals surface area contributed by atoms with E-state index in [-0.39, 0.29) is 6.04 Å². The first-order chi connectivity index (χ1) is 9.13. The lowest BCUT2D eigenvalue weighted by Gasteiger charge is -2.07. The van der Waals surface area contributed by atoms with Crippen molar-refractivity contribution in [1.82, 2.24) is 15.5 Å².